The van der Waals surface area contributed by atoms with Gasteiger partial charge in [-0.25, -0.2) is 5.01 Å². The van der Waals surface area contributed by atoms with E-state index in [9.17, 15) is 9.90 Å². The molecule has 0 bridgehead atoms. The van der Waals surface area contributed by atoms with Gasteiger partial charge in [-0.3, -0.25) is 14.9 Å². The minimum absolute atomic E-state index is 0.0934. The molecule has 0 radical (unpaired) electrons. The Bertz CT molecular complexity index is 1220. The number of phenolic OH excluding ortho intramolecular Hbond substituents is 1. The summed E-state index contributed by atoms with van der Waals surface area (Å²) >= 11 is 0. The molecule has 1 aliphatic heterocycles. The lowest BCUT2D eigenvalue weighted by Crippen LogP contribution is -2.28. The number of aromatic amines is 1. The fraction of sp³-hybridized carbons (Fsp3) is 0.105. The van der Waals surface area contributed by atoms with E-state index in [1.165, 1.54) is 22.2 Å². The largest absolute Gasteiger partial charge is 0.508 e. The molecular formula is C19H15N9O2. The molecule has 1 atom stereocenters. The lowest BCUT2D eigenvalue weighted by molar-refractivity contribution is 0.0709. The van der Waals surface area contributed by atoms with Crippen LogP contribution in [0.5, 0.6) is 5.75 Å². The molecule has 1 amide bonds. The van der Waals surface area contributed by atoms with E-state index in [0.29, 0.717) is 23.5 Å². The Balaban J connectivity index is 1.58. The molecule has 0 spiro atoms. The average molecular weight is 401 g/mol. The van der Waals surface area contributed by atoms with Gasteiger partial charge in [0.05, 0.1) is 18.0 Å². The zero-order valence-electron chi connectivity index (χ0n) is 15.5. The highest BCUT2D eigenvalue weighted by Gasteiger charge is 2.36. The number of carbonyl (C=O) groups excluding carboxylic acids is 1. The van der Waals surface area contributed by atoms with Crippen molar-refractivity contribution in [1.29, 1.82) is 0 Å². The molecule has 11 heteroatoms. The topological polar surface area (TPSA) is 138 Å². The van der Waals surface area contributed by atoms with Crippen molar-refractivity contribution in [3.05, 3.63) is 78.0 Å². The first-order valence-electron chi connectivity index (χ1n) is 9.08. The Hall–Kier alpha value is -4.41. The second kappa shape index (κ2) is 7.20. The van der Waals surface area contributed by atoms with Crippen LogP contribution in [0.4, 0.5) is 0 Å². The van der Waals surface area contributed by atoms with Gasteiger partial charge >= 0.3 is 0 Å². The van der Waals surface area contributed by atoms with E-state index < -0.39 is 11.9 Å². The number of nitrogens with zero attached hydrogens (tertiary/aromatic N) is 8. The number of nitrogens with one attached hydrogen (secondary N) is 1. The third kappa shape index (κ3) is 2.98. The van der Waals surface area contributed by atoms with Crippen LogP contribution in [0.15, 0.2) is 66.4 Å². The molecule has 3 aromatic heterocycles. The van der Waals surface area contributed by atoms with Gasteiger partial charge in [0.25, 0.3) is 5.91 Å². The summed E-state index contributed by atoms with van der Waals surface area (Å²) in [6.07, 6.45) is 6.55. The van der Waals surface area contributed by atoms with Crippen molar-refractivity contribution in [2.75, 3.05) is 0 Å². The van der Waals surface area contributed by atoms with E-state index in [-0.39, 0.29) is 11.3 Å². The predicted octanol–water partition coefficient (Wildman–Crippen LogP) is 1.48. The number of aromatic hydroxyl groups is 1. The van der Waals surface area contributed by atoms with E-state index >= 15 is 0 Å². The second-order valence-corrected chi connectivity index (χ2v) is 6.60. The smallest absolute Gasteiger partial charge is 0.280 e. The van der Waals surface area contributed by atoms with Crippen LogP contribution in [-0.4, -0.2) is 57.1 Å². The summed E-state index contributed by atoms with van der Waals surface area (Å²) < 4.78 is 1.32. The van der Waals surface area contributed by atoms with Crippen LogP contribution in [0.1, 0.15) is 33.9 Å². The maximum absolute atomic E-state index is 13.5. The molecule has 1 aliphatic rings. The fourth-order valence-electron chi connectivity index (χ4n) is 3.41. The molecule has 0 aliphatic carbocycles. The van der Waals surface area contributed by atoms with Gasteiger partial charge in [0.15, 0.2) is 5.82 Å². The van der Waals surface area contributed by atoms with Crippen LogP contribution in [0.2, 0.25) is 0 Å². The summed E-state index contributed by atoms with van der Waals surface area (Å²) in [5.74, 6) is 0.0169. The minimum atomic E-state index is -0.495. The van der Waals surface area contributed by atoms with Crippen LogP contribution >= 0.6 is 0 Å². The van der Waals surface area contributed by atoms with Gasteiger partial charge in [0.1, 0.15) is 17.6 Å². The molecule has 11 nitrogen and oxygen atoms in total. The second-order valence-electron chi connectivity index (χ2n) is 6.60. The van der Waals surface area contributed by atoms with Crippen molar-refractivity contribution < 1.29 is 9.90 Å². The minimum Gasteiger partial charge on any atom is -0.508 e. The number of para-hydroxylation sites is 1. The number of benzene rings is 1. The van der Waals surface area contributed by atoms with Crippen molar-refractivity contribution in [2.24, 2.45) is 5.10 Å². The zero-order valence-corrected chi connectivity index (χ0v) is 15.5. The first-order chi connectivity index (χ1) is 14.7. The lowest BCUT2D eigenvalue weighted by Gasteiger charge is -2.22. The molecule has 4 heterocycles. The van der Waals surface area contributed by atoms with Gasteiger partial charge in [-0.15, -0.1) is 5.10 Å². The van der Waals surface area contributed by atoms with Gasteiger partial charge in [0, 0.05) is 29.9 Å². The Morgan fingerprint density at radius 1 is 1.17 bits per heavy atom. The number of hydrogen-bond donors (Lipinski definition) is 2. The highest BCUT2D eigenvalue weighted by Crippen LogP contribution is 2.38. The van der Waals surface area contributed by atoms with Crippen molar-refractivity contribution in [2.45, 2.75) is 12.5 Å². The summed E-state index contributed by atoms with van der Waals surface area (Å²) in [4.78, 5) is 17.6. The van der Waals surface area contributed by atoms with E-state index in [1.54, 1.807) is 30.6 Å². The highest BCUT2D eigenvalue weighted by atomic mass is 16.3. The number of rotatable bonds is 4. The van der Waals surface area contributed by atoms with Gasteiger partial charge in [0.2, 0.25) is 0 Å². The third-order valence-electron chi connectivity index (χ3n) is 4.84. The Morgan fingerprint density at radius 3 is 2.83 bits per heavy atom. The number of amides is 1. The number of carbonyl (C=O) groups is 1. The molecule has 2 N–H and O–H groups in total. The highest BCUT2D eigenvalue weighted by molar-refractivity contribution is 6.05. The quantitative estimate of drug-likeness (QED) is 0.528. The molecule has 30 heavy (non-hydrogen) atoms. The van der Waals surface area contributed by atoms with Crippen LogP contribution in [0.25, 0.3) is 5.82 Å². The first-order valence-corrected chi connectivity index (χ1v) is 9.08. The zero-order chi connectivity index (χ0) is 20.5. The molecule has 0 saturated heterocycles. The van der Waals surface area contributed by atoms with E-state index in [2.05, 4.69) is 35.8 Å². The summed E-state index contributed by atoms with van der Waals surface area (Å²) in [5, 5.41) is 34.1. The number of pyridine rings is 1. The molecule has 1 unspecified atom stereocenters. The normalized spacial score (nSPS) is 15.9. The van der Waals surface area contributed by atoms with Gasteiger partial charge in [-0.2, -0.15) is 14.9 Å². The van der Waals surface area contributed by atoms with Crippen LogP contribution in [0, 0.1) is 0 Å². The lowest BCUT2D eigenvalue weighted by atomic mass is 9.98. The van der Waals surface area contributed by atoms with E-state index in [0.717, 1.165) is 5.56 Å². The third-order valence-corrected chi connectivity index (χ3v) is 4.84. The van der Waals surface area contributed by atoms with Crippen LogP contribution in [-0.2, 0) is 0 Å². The van der Waals surface area contributed by atoms with E-state index in [4.69, 9.17) is 0 Å². The van der Waals surface area contributed by atoms with Crippen molar-refractivity contribution in [1.82, 2.24) is 40.4 Å². The van der Waals surface area contributed by atoms with Gasteiger partial charge in [-0.1, -0.05) is 24.3 Å². The van der Waals surface area contributed by atoms with Crippen molar-refractivity contribution in [3.8, 4) is 11.6 Å². The number of tetrazole rings is 1. The summed E-state index contributed by atoms with van der Waals surface area (Å²) in [5.41, 5.74) is 2.35. The Kier molecular flexibility index (Phi) is 4.24. The average Bonchev–Trinajstić information content (AvgIpc) is 3.54. The van der Waals surface area contributed by atoms with Gasteiger partial charge < -0.3 is 5.11 Å². The molecule has 148 valence electrons. The monoisotopic (exact) mass is 401 g/mol. The van der Waals surface area contributed by atoms with Crippen LogP contribution < -0.4 is 0 Å². The number of aromatic nitrogens is 7. The number of hydrazone groups is 1. The number of hydrogen-bond acceptors (Lipinski definition) is 8. The maximum atomic E-state index is 13.5. The molecule has 0 fully saturated rings. The summed E-state index contributed by atoms with van der Waals surface area (Å²) in [6, 6.07) is 10.1. The molecular weight excluding hydrogens is 386 g/mol. The molecule has 4 aromatic rings. The van der Waals surface area contributed by atoms with E-state index in [1.807, 2.05) is 18.2 Å². The number of phenols is 1. The first kappa shape index (κ1) is 17.7. The van der Waals surface area contributed by atoms with Crippen LogP contribution in [0.3, 0.4) is 0 Å². The predicted molar refractivity (Wildman–Crippen MR) is 104 cm³/mol. The molecule has 0 saturated carbocycles. The molecule has 5 rings (SSSR count). The maximum Gasteiger partial charge on any atom is 0.280 e. The standard InChI is InChI=1S/C19H15N9O2/c29-17-6-2-1-5-13(17)16-8-15(12-4-3-7-20-9-12)24-28(16)19(30)14-10-21-23-18(14)27-11-22-25-26-27/h1-7,9-11,16,29H,8H2,(H,21,23). The fourth-order valence-corrected chi connectivity index (χ4v) is 3.41. The Labute approximate surface area is 169 Å². The number of H-pyrrole nitrogens is 1. The summed E-state index contributed by atoms with van der Waals surface area (Å²) in [6.45, 7) is 0. The summed E-state index contributed by atoms with van der Waals surface area (Å²) in [7, 11) is 0. The van der Waals surface area contributed by atoms with Crippen molar-refractivity contribution in [3.63, 3.8) is 0 Å². The van der Waals surface area contributed by atoms with Crippen molar-refractivity contribution >= 4 is 11.6 Å². The molecule has 1 aromatic carbocycles. The van der Waals surface area contributed by atoms with Gasteiger partial charge in [-0.05, 0) is 22.6 Å². The SMILES string of the molecule is O=C(c1cn[nH]c1-n1cnnn1)N1N=C(c2cccnc2)CC1c1ccccc1O. The Morgan fingerprint density at radius 2 is 2.07 bits per heavy atom.